The standard InChI is InChI=1S/C27H21N3O5/c1-34-21-12-7-11-20(16-21)29-25(31)26(32)30-28-17-23-22-13-6-5-8-18(22)14-15-24(23)35-27(33)19-9-3-2-4-10-19/h2-17H,1H3,(H,29,31)(H,30,32)/b28-17-. The Morgan fingerprint density at radius 2 is 1.60 bits per heavy atom. The zero-order chi connectivity index (χ0) is 24.6. The van der Waals surface area contributed by atoms with E-state index in [0.717, 1.165) is 10.8 Å². The number of anilines is 1. The SMILES string of the molecule is COc1cccc(NC(=O)C(=O)N/N=C\c2c(OC(=O)c3ccccc3)ccc3ccccc23)c1. The van der Waals surface area contributed by atoms with E-state index in [0.29, 0.717) is 22.6 Å². The summed E-state index contributed by atoms with van der Waals surface area (Å²) < 4.78 is 10.7. The highest BCUT2D eigenvalue weighted by molar-refractivity contribution is 6.39. The molecule has 0 atom stereocenters. The third-order valence-electron chi connectivity index (χ3n) is 5.04. The van der Waals surface area contributed by atoms with Gasteiger partial charge in [-0.15, -0.1) is 0 Å². The Kier molecular flexibility index (Phi) is 7.13. The number of carbonyl (C=O) groups excluding carboxylic acids is 3. The number of fused-ring (bicyclic) bond motifs is 1. The van der Waals surface area contributed by atoms with Crippen molar-refractivity contribution in [2.24, 2.45) is 5.10 Å². The van der Waals surface area contributed by atoms with Gasteiger partial charge < -0.3 is 14.8 Å². The number of hydrogen-bond donors (Lipinski definition) is 2. The monoisotopic (exact) mass is 467 g/mol. The van der Waals surface area contributed by atoms with E-state index >= 15 is 0 Å². The molecule has 2 N–H and O–H groups in total. The van der Waals surface area contributed by atoms with E-state index in [-0.39, 0.29) is 5.75 Å². The fourth-order valence-corrected chi connectivity index (χ4v) is 3.33. The summed E-state index contributed by atoms with van der Waals surface area (Å²) in [7, 11) is 1.50. The second-order valence-corrected chi connectivity index (χ2v) is 7.34. The topological polar surface area (TPSA) is 106 Å². The highest BCUT2D eigenvalue weighted by Crippen LogP contribution is 2.27. The van der Waals surface area contributed by atoms with E-state index in [1.54, 1.807) is 60.7 Å². The molecular weight excluding hydrogens is 446 g/mol. The predicted octanol–water partition coefficient (Wildman–Crippen LogP) is 4.16. The Morgan fingerprint density at radius 3 is 2.40 bits per heavy atom. The first-order chi connectivity index (χ1) is 17.0. The summed E-state index contributed by atoms with van der Waals surface area (Å²) in [6.45, 7) is 0. The Labute approximate surface area is 201 Å². The van der Waals surface area contributed by atoms with Crippen LogP contribution in [0.5, 0.6) is 11.5 Å². The number of methoxy groups -OCH3 is 1. The fraction of sp³-hybridized carbons (Fsp3) is 0.0370. The van der Waals surface area contributed by atoms with Crippen molar-refractivity contribution in [2.75, 3.05) is 12.4 Å². The molecule has 2 amide bonds. The summed E-state index contributed by atoms with van der Waals surface area (Å²) in [6.07, 6.45) is 1.34. The van der Waals surface area contributed by atoms with Crippen molar-refractivity contribution in [3.8, 4) is 11.5 Å². The first kappa shape index (κ1) is 23.2. The van der Waals surface area contributed by atoms with Gasteiger partial charge in [0, 0.05) is 17.3 Å². The quantitative estimate of drug-likeness (QED) is 0.146. The summed E-state index contributed by atoms with van der Waals surface area (Å²) in [4.78, 5) is 37.1. The molecular formula is C27H21N3O5. The lowest BCUT2D eigenvalue weighted by atomic mass is 10.0. The van der Waals surface area contributed by atoms with Gasteiger partial charge >= 0.3 is 17.8 Å². The summed E-state index contributed by atoms with van der Waals surface area (Å²) in [5, 5.41) is 8.04. The molecule has 35 heavy (non-hydrogen) atoms. The molecule has 174 valence electrons. The van der Waals surface area contributed by atoms with Crippen LogP contribution >= 0.6 is 0 Å². The van der Waals surface area contributed by atoms with Crippen LogP contribution in [-0.4, -0.2) is 31.1 Å². The molecule has 0 aromatic heterocycles. The maximum atomic E-state index is 12.6. The molecule has 0 heterocycles. The minimum atomic E-state index is -0.966. The van der Waals surface area contributed by atoms with Crippen LogP contribution in [0.25, 0.3) is 10.8 Å². The van der Waals surface area contributed by atoms with Gasteiger partial charge in [0.25, 0.3) is 0 Å². The number of carbonyl (C=O) groups is 3. The van der Waals surface area contributed by atoms with Gasteiger partial charge in [-0.25, -0.2) is 10.2 Å². The lowest BCUT2D eigenvalue weighted by molar-refractivity contribution is -0.136. The average molecular weight is 467 g/mol. The summed E-state index contributed by atoms with van der Waals surface area (Å²) >= 11 is 0. The minimum Gasteiger partial charge on any atom is -0.497 e. The van der Waals surface area contributed by atoms with Gasteiger partial charge in [-0.1, -0.05) is 54.6 Å². The predicted molar refractivity (Wildman–Crippen MR) is 133 cm³/mol. The molecule has 0 unspecified atom stereocenters. The molecule has 0 fully saturated rings. The lowest BCUT2D eigenvalue weighted by Gasteiger charge is -2.10. The van der Waals surface area contributed by atoms with Crippen molar-refractivity contribution in [2.45, 2.75) is 0 Å². The second-order valence-electron chi connectivity index (χ2n) is 7.34. The van der Waals surface area contributed by atoms with E-state index in [4.69, 9.17) is 9.47 Å². The van der Waals surface area contributed by atoms with Crippen LogP contribution in [0.15, 0.2) is 96.1 Å². The first-order valence-corrected chi connectivity index (χ1v) is 10.6. The van der Waals surface area contributed by atoms with Crippen LogP contribution in [0.1, 0.15) is 15.9 Å². The van der Waals surface area contributed by atoms with Crippen LogP contribution in [0.4, 0.5) is 5.69 Å². The number of esters is 1. The Hall–Kier alpha value is -4.98. The molecule has 0 aliphatic rings. The molecule has 0 aliphatic heterocycles. The number of nitrogens with zero attached hydrogens (tertiary/aromatic N) is 1. The third kappa shape index (κ3) is 5.69. The Balaban J connectivity index is 1.52. The fourth-order valence-electron chi connectivity index (χ4n) is 3.33. The minimum absolute atomic E-state index is 0.261. The van der Waals surface area contributed by atoms with Crippen molar-refractivity contribution >= 4 is 40.5 Å². The van der Waals surface area contributed by atoms with Gasteiger partial charge in [-0.2, -0.15) is 5.10 Å². The van der Waals surface area contributed by atoms with Crippen molar-refractivity contribution in [3.05, 3.63) is 102 Å². The van der Waals surface area contributed by atoms with Crippen molar-refractivity contribution < 1.29 is 23.9 Å². The number of amides is 2. The number of benzene rings is 4. The summed E-state index contributed by atoms with van der Waals surface area (Å²) in [6, 6.07) is 26.1. The van der Waals surface area contributed by atoms with Crippen molar-refractivity contribution in [3.63, 3.8) is 0 Å². The maximum Gasteiger partial charge on any atom is 0.343 e. The molecule has 0 saturated carbocycles. The van der Waals surface area contributed by atoms with E-state index in [1.807, 2.05) is 30.3 Å². The molecule has 0 bridgehead atoms. The first-order valence-electron chi connectivity index (χ1n) is 10.6. The molecule has 0 spiro atoms. The molecule has 4 aromatic rings. The molecule has 0 aliphatic carbocycles. The van der Waals surface area contributed by atoms with E-state index in [1.165, 1.54) is 13.3 Å². The normalized spacial score (nSPS) is 10.7. The number of rotatable bonds is 6. The smallest absolute Gasteiger partial charge is 0.343 e. The largest absolute Gasteiger partial charge is 0.497 e. The van der Waals surface area contributed by atoms with Gasteiger partial charge in [0.05, 0.1) is 18.9 Å². The number of hydrogen-bond acceptors (Lipinski definition) is 6. The van der Waals surface area contributed by atoms with Crippen LogP contribution in [0.3, 0.4) is 0 Å². The van der Waals surface area contributed by atoms with Crippen LogP contribution in [0.2, 0.25) is 0 Å². The maximum absolute atomic E-state index is 12.6. The lowest BCUT2D eigenvalue weighted by Crippen LogP contribution is -2.32. The number of ether oxygens (including phenoxy) is 2. The third-order valence-corrected chi connectivity index (χ3v) is 5.04. The Bertz CT molecular complexity index is 1420. The van der Waals surface area contributed by atoms with E-state index < -0.39 is 17.8 Å². The number of hydrazone groups is 1. The van der Waals surface area contributed by atoms with Gasteiger partial charge in [-0.3, -0.25) is 9.59 Å². The molecule has 0 radical (unpaired) electrons. The van der Waals surface area contributed by atoms with Crippen LogP contribution in [0, 0.1) is 0 Å². The average Bonchev–Trinajstić information content (AvgIpc) is 2.90. The highest BCUT2D eigenvalue weighted by Gasteiger charge is 2.15. The van der Waals surface area contributed by atoms with Crippen LogP contribution in [-0.2, 0) is 9.59 Å². The van der Waals surface area contributed by atoms with E-state index in [9.17, 15) is 14.4 Å². The Morgan fingerprint density at radius 1 is 0.829 bits per heavy atom. The zero-order valence-corrected chi connectivity index (χ0v) is 18.7. The van der Waals surface area contributed by atoms with Gasteiger partial charge in [0.1, 0.15) is 11.5 Å². The van der Waals surface area contributed by atoms with Crippen LogP contribution < -0.4 is 20.2 Å². The van der Waals surface area contributed by atoms with Crippen molar-refractivity contribution in [1.29, 1.82) is 0 Å². The van der Waals surface area contributed by atoms with Gasteiger partial charge in [0.15, 0.2) is 0 Å². The second kappa shape index (κ2) is 10.8. The molecule has 8 nitrogen and oxygen atoms in total. The van der Waals surface area contributed by atoms with Gasteiger partial charge in [0.2, 0.25) is 0 Å². The highest BCUT2D eigenvalue weighted by atomic mass is 16.5. The number of nitrogens with one attached hydrogen (secondary N) is 2. The summed E-state index contributed by atoms with van der Waals surface area (Å²) in [5.41, 5.74) is 3.47. The molecule has 8 heteroatoms. The van der Waals surface area contributed by atoms with Gasteiger partial charge in [-0.05, 0) is 41.1 Å². The zero-order valence-electron chi connectivity index (χ0n) is 18.7. The molecule has 4 aromatic carbocycles. The molecule has 0 saturated heterocycles. The molecule has 4 rings (SSSR count). The van der Waals surface area contributed by atoms with E-state index in [2.05, 4.69) is 15.8 Å². The summed E-state index contributed by atoms with van der Waals surface area (Å²) in [5.74, 6) is -1.60. The van der Waals surface area contributed by atoms with Crippen molar-refractivity contribution in [1.82, 2.24) is 5.43 Å².